The van der Waals surface area contributed by atoms with Crippen LogP contribution in [0.15, 0.2) is 23.4 Å². The van der Waals surface area contributed by atoms with Crippen LogP contribution in [-0.4, -0.2) is 16.8 Å². The molecule has 1 rings (SSSR count). The Morgan fingerprint density at radius 3 is 2.93 bits per heavy atom. The van der Waals surface area contributed by atoms with Gasteiger partial charge in [-0.15, -0.1) is 0 Å². The maximum Gasteiger partial charge on any atom is 0.173 e. The topological polar surface area (TPSA) is 58.6 Å². The van der Waals surface area contributed by atoms with E-state index in [4.69, 9.17) is 10.9 Å². The summed E-state index contributed by atoms with van der Waals surface area (Å²) in [7, 11) is 0. The number of nitrogens with zero attached hydrogens (tertiary/aromatic N) is 1. The zero-order chi connectivity index (χ0) is 11.3. The molecule has 0 saturated carbocycles. The number of thioether (sulfide) groups is 1. The van der Waals surface area contributed by atoms with E-state index in [1.54, 1.807) is 23.9 Å². The molecule has 0 bridgehead atoms. The van der Waals surface area contributed by atoms with Crippen molar-refractivity contribution < 1.29 is 9.60 Å². The van der Waals surface area contributed by atoms with Gasteiger partial charge in [-0.1, -0.05) is 24.2 Å². The predicted molar refractivity (Wildman–Crippen MR) is 60.7 cm³/mol. The minimum absolute atomic E-state index is 0.145. The third-order valence-corrected chi connectivity index (χ3v) is 2.85. The van der Waals surface area contributed by atoms with Crippen LogP contribution in [0.3, 0.4) is 0 Å². The number of amidine groups is 1. The Hall–Kier alpha value is -1.23. The molecule has 0 radical (unpaired) electrons. The van der Waals surface area contributed by atoms with Crippen LogP contribution in [-0.2, 0) is 5.75 Å². The van der Waals surface area contributed by atoms with Gasteiger partial charge in [0.1, 0.15) is 5.82 Å². The fraction of sp³-hybridized carbons (Fsp3) is 0.300. The molecule has 15 heavy (non-hydrogen) atoms. The number of halogens is 1. The van der Waals surface area contributed by atoms with Gasteiger partial charge in [0.05, 0.1) is 5.56 Å². The maximum atomic E-state index is 13.7. The first-order valence-corrected chi connectivity index (χ1v) is 5.69. The van der Waals surface area contributed by atoms with Crippen LogP contribution >= 0.6 is 11.8 Å². The number of hydrogen-bond acceptors (Lipinski definition) is 3. The minimum atomic E-state index is -0.409. The molecule has 5 heteroatoms. The third kappa shape index (κ3) is 2.86. The molecule has 0 spiro atoms. The zero-order valence-corrected chi connectivity index (χ0v) is 9.22. The molecule has 1 aromatic rings. The minimum Gasteiger partial charge on any atom is -0.409 e. The summed E-state index contributed by atoms with van der Waals surface area (Å²) in [6.45, 7) is 2.01. The number of oxime groups is 1. The van der Waals surface area contributed by atoms with Gasteiger partial charge in [0.25, 0.3) is 0 Å². The van der Waals surface area contributed by atoms with Gasteiger partial charge in [-0.3, -0.25) is 0 Å². The number of nitrogens with two attached hydrogens (primary N) is 1. The van der Waals surface area contributed by atoms with Crippen molar-refractivity contribution in [2.45, 2.75) is 12.7 Å². The molecule has 0 atom stereocenters. The average molecular weight is 228 g/mol. The molecule has 0 amide bonds. The molecule has 0 aliphatic heterocycles. The van der Waals surface area contributed by atoms with E-state index in [-0.39, 0.29) is 11.4 Å². The molecule has 82 valence electrons. The SMILES string of the molecule is CCSCc1cccc(/C(N)=N/O)c1F. The lowest BCUT2D eigenvalue weighted by molar-refractivity contribution is 0.318. The van der Waals surface area contributed by atoms with Crippen molar-refractivity contribution in [3.8, 4) is 0 Å². The van der Waals surface area contributed by atoms with E-state index in [0.29, 0.717) is 11.3 Å². The maximum absolute atomic E-state index is 13.7. The van der Waals surface area contributed by atoms with Crippen molar-refractivity contribution in [2.75, 3.05) is 5.75 Å². The molecule has 0 aliphatic rings. The van der Waals surface area contributed by atoms with E-state index >= 15 is 0 Å². The summed E-state index contributed by atoms with van der Waals surface area (Å²) in [6.07, 6.45) is 0. The van der Waals surface area contributed by atoms with Gasteiger partial charge in [0.15, 0.2) is 5.84 Å². The van der Waals surface area contributed by atoms with Crippen LogP contribution < -0.4 is 5.73 Å². The summed E-state index contributed by atoms with van der Waals surface area (Å²) in [5.41, 5.74) is 6.07. The molecular weight excluding hydrogens is 215 g/mol. The van der Waals surface area contributed by atoms with Crippen LogP contribution in [0.1, 0.15) is 18.1 Å². The smallest absolute Gasteiger partial charge is 0.173 e. The van der Waals surface area contributed by atoms with E-state index in [9.17, 15) is 4.39 Å². The summed E-state index contributed by atoms with van der Waals surface area (Å²) >= 11 is 1.62. The summed E-state index contributed by atoms with van der Waals surface area (Å²) in [4.78, 5) is 0. The second kappa shape index (κ2) is 5.60. The van der Waals surface area contributed by atoms with Crippen LogP contribution in [0.2, 0.25) is 0 Å². The quantitative estimate of drug-likeness (QED) is 0.359. The third-order valence-electron chi connectivity index (χ3n) is 1.92. The van der Waals surface area contributed by atoms with Crippen molar-refractivity contribution in [1.82, 2.24) is 0 Å². The van der Waals surface area contributed by atoms with Crippen LogP contribution in [0.5, 0.6) is 0 Å². The lowest BCUT2D eigenvalue weighted by atomic mass is 10.1. The Labute approximate surface area is 92.2 Å². The monoisotopic (exact) mass is 228 g/mol. The van der Waals surface area contributed by atoms with E-state index in [2.05, 4.69) is 5.16 Å². The molecule has 1 aromatic carbocycles. The van der Waals surface area contributed by atoms with Crippen molar-refractivity contribution in [2.24, 2.45) is 10.9 Å². The summed E-state index contributed by atoms with van der Waals surface area (Å²) in [6, 6.07) is 4.89. The van der Waals surface area contributed by atoms with Crippen molar-refractivity contribution >= 4 is 17.6 Å². The first-order valence-electron chi connectivity index (χ1n) is 4.53. The summed E-state index contributed by atoms with van der Waals surface area (Å²) in [5, 5.41) is 11.3. The van der Waals surface area contributed by atoms with E-state index in [0.717, 1.165) is 5.75 Å². The van der Waals surface area contributed by atoms with Gasteiger partial charge in [-0.05, 0) is 17.4 Å². The van der Waals surface area contributed by atoms with E-state index < -0.39 is 5.82 Å². The largest absolute Gasteiger partial charge is 0.409 e. The van der Waals surface area contributed by atoms with Gasteiger partial charge >= 0.3 is 0 Å². The van der Waals surface area contributed by atoms with Crippen molar-refractivity contribution in [3.05, 3.63) is 35.1 Å². The highest BCUT2D eigenvalue weighted by molar-refractivity contribution is 7.98. The average Bonchev–Trinajstić information content (AvgIpc) is 2.27. The first kappa shape index (κ1) is 11.8. The lowest BCUT2D eigenvalue weighted by Crippen LogP contribution is -2.15. The van der Waals surface area contributed by atoms with Crippen molar-refractivity contribution in [3.63, 3.8) is 0 Å². The molecule has 0 unspecified atom stereocenters. The Kier molecular flexibility index (Phi) is 4.42. The fourth-order valence-electron chi connectivity index (χ4n) is 1.15. The van der Waals surface area contributed by atoms with Crippen LogP contribution in [0.25, 0.3) is 0 Å². The van der Waals surface area contributed by atoms with Gasteiger partial charge in [-0.25, -0.2) is 4.39 Å². The number of hydrogen-bond donors (Lipinski definition) is 2. The molecule has 3 nitrogen and oxygen atoms in total. The Balaban J connectivity index is 3.00. The van der Waals surface area contributed by atoms with Crippen LogP contribution in [0.4, 0.5) is 4.39 Å². The van der Waals surface area contributed by atoms with Gasteiger partial charge in [0.2, 0.25) is 0 Å². The Bertz CT molecular complexity index is 368. The van der Waals surface area contributed by atoms with E-state index in [1.807, 2.05) is 6.92 Å². The van der Waals surface area contributed by atoms with Gasteiger partial charge < -0.3 is 10.9 Å². The second-order valence-corrected chi connectivity index (χ2v) is 4.18. The lowest BCUT2D eigenvalue weighted by Gasteiger charge is -2.06. The molecule has 0 heterocycles. The molecule has 0 aliphatic carbocycles. The highest BCUT2D eigenvalue weighted by Crippen LogP contribution is 2.18. The highest BCUT2D eigenvalue weighted by atomic mass is 32.2. The second-order valence-electron chi connectivity index (χ2n) is 2.90. The number of benzene rings is 1. The Morgan fingerprint density at radius 2 is 2.33 bits per heavy atom. The molecule has 0 fully saturated rings. The zero-order valence-electron chi connectivity index (χ0n) is 8.40. The summed E-state index contributed by atoms with van der Waals surface area (Å²) in [5.74, 6) is 0.909. The standard InChI is InChI=1S/C10H13FN2OS/c1-2-15-6-7-4-3-5-8(9(7)11)10(12)13-14/h3-5,14H,2,6H2,1H3,(H2,12,13). The van der Waals surface area contributed by atoms with Gasteiger partial charge in [-0.2, -0.15) is 11.8 Å². The van der Waals surface area contributed by atoms with Crippen LogP contribution in [0, 0.1) is 5.82 Å². The number of rotatable bonds is 4. The van der Waals surface area contributed by atoms with Crippen molar-refractivity contribution in [1.29, 1.82) is 0 Å². The normalized spacial score (nSPS) is 11.7. The molecule has 0 saturated heterocycles. The fourth-order valence-corrected chi connectivity index (χ4v) is 1.80. The molecular formula is C10H13FN2OS. The molecule has 3 N–H and O–H groups in total. The van der Waals surface area contributed by atoms with Gasteiger partial charge in [0, 0.05) is 5.75 Å². The highest BCUT2D eigenvalue weighted by Gasteiger charge is 2.10. The first-order chi connectivity index (χ1) is 7.20. The Morgan fingerprint density at radius 1 is 1.60 bits per heavy atom. The summed E-state index contributed by atoms with van der Waals surface area (Å²) < 4.78 is 13.7. The van der Waals surface area contributed by atoms with E-state index in [1.165, 1.54) is 6.07 Å². The molecule has 0 aromatic heterocycles. The predicted octanol–water partition coefficient (Wildman–Crippen LogP) is 2.17.